The zero-order valence-corrected chi connectivity index (χ0v) is 6.10. The first-order valence-corrected chi connectivity index (χ1v) is 3.86. The van der Waals surface area contributed by atoms with Crippen LogP contribution in [0.3, 0.4) is 0 Å². The van der Waals surface area contributed by atoms with Gasteiger partial charge in [-0.15, -0.1) is 0 Å². The fraction of sp³-hybridized carbons (Fsp3) is 1.00. The molecule has 0 aromatic rings. The summed E-state index contributed by atoms with van der Waals surface area (Å²) in [7, 11) is 0. The molecule has 0 spiro atoms. The molecule has 2 aliphatic heterocycles. The molecular weight excluding hydrogens is 128 g/mol. The van der Waals surface area contributed by atoms with Crippen LogP contribution in [-0.2, 0) is 4.74 Å². The molecule has 2 heterocycles. The minimum absolute atomic E-state index is 0.292. The second kappa shape index (κ2) is 2.19. The largest absolute Gasteiger partial charge is 0.380 e. The Kier molecular flexibility index (Phi) is 1.44. The summed E-state index contributed by atoms with van der Waals surface area (Å²) in [5.74, 6) is 0.678. The predicted molar refractivity (Wildman–Crippen MR) is 38.7 cm³/mol. The minimum Gasteiger partial charge on any atom is -0.380 e. The monoisotopic (exact) mass is 142 g/mol. The Balaban J connectivity index is 2.15. The van der Waals surface area contributed by atoms with Gasteiger partial charge in [0.1, 0.15) is 0 Å². The summed E-state index contributed by atoms with van der Waals surface area (Å²) in [5, 5.41) is 3.36. The summed E-state index contributed by atoms with van der Waals surface area (Å²) in [6.07, 6.45) is 0. The summed E-state index contributed by atoms with van der Waals surface area (Å²) in [6, 6.07) is 0. The van der Waals surface area contributed by atoms with E-state index in [9.17, 15) is 0 Å². The molecule has 2 atom stereocenters. The lowest BCUT2D eigenvalue weighted by Gasteiger charge is -2.23. The Labute approximate surface area is 60.9 Å². The van der Waals surface area contributed by atoms with Crippen molar-refractivity contribution in [1.29, 1.82) is 0 Å². The Morgan fingerprint density at radius 3 is 3.30 bits per heavy atom. The number of rotatable bonds is 1. The van der Waals surface area contributed by atoms with Crippen molar-refractivity contribution in [2.24, 2.45) is 17.1 Å². The average Bonchev–Trinajstić information content (AvgIpc) is 2.42. The molecule has 3 nitrogen and oxygen atoms in total. The summed E-state index contributed by atoms with van der Waals surface area (Å²) >= 11 is 0. The van der Waals surface area contributed by atoms with Gasteiger partial charge in [0.2, 0.25) is 0 Å². The van der Waals surface area contributed by atoms with Gasteiger partial charge in [-0.2, -0.15) is 0 Å². The van der Waals surface area contributed by atoms with Gasteiger partial charge in [0, 0.05) is 31.0 Å². The normalized spacial score (nSPS) is 45.9. The van der Waals surface area contributed by atoms with Crippen molar-refractivity contribution < 1.29 is 4.74 Å². The Morgan fingerprint density at radius 1 is 1.70 bits per heavy atom. The molecule has 0 radical (unpaired) electrons. The van der Waals surface area contributed by atoms with Gasteiger partial charge in [0.25, 0.3) is 0 Å². The number of ether oxygens (including phenoxy) is 1. The van der Waals surface area contributed by atoms with Gasteiger partial charge in [-0.3, -0.25) is 0 Å². The van der Waals surface area contributed by atoms with Gasteiger partial charge in [-0.1, -0.05) is 0 Å². The molecule has 10 heavy (non-hydrogen) atoms. The molecule has 3 N–H and O–H groups in total. The highest BCUT2D eigenvalue weighted by Gasteiger charge is 2.46. The van der Waals surface area contributed by atoms with Gasteiger partial charge in [-0.25, -0.2) is 0 Å². The highest BCUT2D eigenvalue weighted by molar-refractivity contribution is 4.98. The molecule has 2 rings (SSSR count). The van der Waals surface area contributed by atoms with Gasteiger partial charge < -0.3 is 15.8 Å². The van der Waals surface area contributed by atoms with Crippen LogP contribution < -0.4 is 11.1 Å². The van der Waals surface area contributed by atoms with Crippen LogP contribution in [0.1, 0.15) is 0 Å². The highest BCUT2D eigenvalue weighted by Crippen LogP contribution is 2.35. The van der Waals surface area contributed by atoms with E-state index in [1.807, 2.05) is 0 Å². The second-order valence-corrected chi connectivity index (χ2v) is 3.41. The van der Waals surface area contributed by atoms with Crippen molar-refractivity contribution in [3.63, 3.8) is 0 Å². The van der Waals surface area contributed by atoms with E-state index < -0.39 is 0 Å². The lowest BCUT2D eigenvalue weighted by molar-refractivity contribution is 0.155. The molecule has 2 fully saturated rings. The molecule has 0 aromatic carbocycles. The molecule has 0 saturated carbocycles. The van der Waals surface area contributed by atoms with E-state index >= 15 is 0 Å². The fourth-order valence-electron chi connectivity index (χ4n) is 1.96. The molecule has 0 aromatic heterocycles. The van der Waals surface area contributed by atoms with Crippen molar-refractivity contribution >= 4 is 0 Å². The maximum absolute atomic E-state index is 5.69. The molecule has 2 aliphatic rings. The average molecular weight is 142 g/mol. The first-order chi connectivity index (χ1) is 4.87. The molecule has 2 saturated heterocycles. The lowest BCUT2D eigenvalue weighted by atomic mass is 9.81. The van der Waals surface area contributed by atoms with E-state index in [4.69, 9.17) is 10.5 Å². The molecule has 0 amide bonds. The topological polar surface area (TPSA) is 47.3 Å². The van der Waals surface area contributed by atoms with Crippen molar-refractivity contribution in [2.75, 3.05) is 32.8 Å². The zero-order valence-electron chi connectivity index (χ0n) is 6.10. The summed E-state index contributed by atoms with van der Waals surface area (Å²) < 4.78 is 5.39. The molecule has 58 valence electrons. The summed E-state index contributed by atoms with van der Waals surface area (Å²) in [5.41, 5.74) is 5.98. The second-order valence-electron chi connectivity index (χ2n) is 3.41. The van der Waals surface area contributed by atoms with Crippen molar-refractivity contribution in [3.8, 4) is 0 Å². The van der Waals surface area contributed by atoms with E-state index in [2.05, 4.69) is 5.32 Å². The minimum atomic E-state index is 0.292. The van der Waals surface area contributed by atoms with E-state index in [1.54, 1.807) is 0 Å². The number of hydrogen-bond acceptors (Lipinski definition) is 3. The van der Waals surface area contributed by atoms with Crippen LogP contribution in [0.25, 0.3) is 0 Å². The zero-order chi connectivity index (χ0) is 7.03. The van der Waals surface area contributed by atoms with Crippen molar-refractivity contribution in [3.05, 3.63) is 0 Å². The van der Waals surface area contributed by atoms with Gasteiger partial charge in [0.15, 0.2) is 0 Å². The van der Waals surface area contributed by atoms with Crippen molar-refractivity contribution in [2.45, 2.75) is 0 Å². The van der Waals surface area contributed by atoms with E-state index in [1.165, 1.54) is 0 Å². The third kappa shape index (κ3) is 0.713. The standard InChI is InChI=1S/C7H14N2O/c8-3-7-4-9-1-6(7)2-10-5-7/h6,9H,1-5,8H2/t6-,7+/m1/s1. The van der Waals surface area contributed by atoms with Crippen LogP contribution in [0.4, 0.5) is 0 Å². The number of hydrogen-bond donors (Lipinski definition) is 2. The number of nitrogens with one attached hydrogen (secondary N) is 1. The van der Waals surface area contributed by atoms with Gasteiger partial charge in [0.05, 0.1) is 13.2 Å². The molecular formula is C7H14N2O. The Morgan fingerprint density at radius 2 is 2.60 bits per heavy atom. The SMILES string of the molecule is NC[C@@]12CNC[C@@H]1COC2. The molecule has 0 bridgehead atoms. The van der Waals surface area contributed by atoms with Crippen LogP contribution >= 0.6 is 0 Å². The first kappa shape index (κ1) is 6.58. The van der Waals surface area contributed by atoms with E-state index in [-0.39, 0.29) is 0 Å². The maximum Gasteiger partial charge on any atom is 0.0550 e. The third-order valence-electron chi connectivity index (χ3n) is 2.85. The van der Waals surface area contributed by atoms with Crippen LogP contribution in [0.5, 0.6) is 0 Å². The van der Waals surface area contributed by atoms with Crippen LogP contribution in [0.2, 0.25) is 0 Å². The number of fused-ring (bicyclic) bond motifs is 1. The first-order valence-electron chi connectivity index (χ1n) is 3.86. The van der Waals surface area contributed by atoms with Crippen LogP contribution in [0, 0.1) is 11.3 Å². The molecule has 0 aliphatic carbocycles. The van der Waals surface area contributed by atoms with Gasteiger partial charge >= 0.3 is 0 Å². The Hall–Kier alpha value is -0.120. The summed E-state index contributed by atoms with van der Waals surface area (Å²) in [6.45, 7) is 4.68. The fourth-order valence-corrected chi connectivity index (χ4v) is 1.96. The van der Waals surface area contributed by atoms with Crippen molar-refractivity contribution in [1.82, 2.24) is 5.32 Å². The molecule has 3 heteroatoms. The van der Waals surface area contributed by atoms with E-state index in [0.29, 0.717) is 11.3 Å². The summed E-state index contributed by atoms with van der Waals surface area (Å²) in [4.78, 5) is 0. The maximum atomic E-state index is 5.69. The Bertz CT molecular complexity index is 128. The predicted octanol–water partition coefficient (Wildman–Crippen LogP) is -0.819. The van der Waals surface area contributed by atoms with E-state index in [0.717, 1.165) is 32.8 Å². The smallest absolute Gasteiger partial charge is 0.0550 e. The number of nitrogens with two attached hydrogens (primary N) is 1. The van der Waals surface area contributed by atoms with Crippen LogP contribution in [0.15, 0.2) is 0 Å². The van der Waals surface area contributed by atoms with Crippen LogP contribution in [-0.4, -0.2) is 32.8 Å². The quantitative estimate of drug-likeness (QED) is 0.503. The lowest BCUT2D eigenvalue weighted by Crippen LogP contribution is -2.37. The molecule has 0 unspecified atom stereocenters. The third-order valence-corrected chi connectivity index (χ3v) is 2.85. The highest BCUT2D eigenvalue weighted by atomic mass is 16.5. The van der Waals surface area contributed by atoms with Gasteiger partial charge in [-0.05, 0) is 0 Å².